The maximum atomic E-state index is 10.5. The molecule has 3 N–H and O–H groups in total. The standard InChI is InChI=1S/C11H23N3O/c1-9-6-10(2)8-14(7-9)5-3-4-13-11(12)15/h9-10H,3-8H2,1-2H3,(H3,12,13,15). The van der Waals surface area contributed by atoms with Gasteiger partial charge < -0.3 is 16.0 Å². The molecule has 4 nitrogen and oxygen atoms in total. The fraction of sp³-hybridized carbons (Fsp3) is 0.909. The normalized spacial score (nSPS) is 27.6. The molecule has 0 saturated carbocycles. The van der Waals surface area contributed by atoms with Crippen LogP contribution < -0.4 is 11.1 Å². The zero-order chi connectivity index (χ0) is 11.3. The Morgan fingerprint density at radius 3 is 2.53 bits per heavy atom. The molecular weight excluding hydrogens is 190 g/mol. The summed E-state index contributed by atoms with van der Waals surface area (Å²) in [4.78, 5) is 12.9. The van der Waals surface area contributed by atoms with E-state index < -0.39 is 6.03 Å². The molecule has 4 heteroatoms. The molecule has 0 aliphatic carbocycles. The lowest BCUT2D eigenvalue weighted by atomic mass is 9.92. The summed E-state index contributed by atoms with van der Waals surface area (Å²) in [6, 6.07) is -0.421. The Morgan fingerprint density at radius 1 is 1.40 bits per heavy atom. The highest BCUT2D eigenvalue weighted by molar-refractivity contribution is 5.71. The maximum absolute atomic E-state index is 10.5. The zero-order valence-electron chi connectivity index (χ0n) is 9.83. The van der Waals surface area contributed by atoms with Gasteiger partial charge >= 0.3 is 6.03 Å². The number of nitrogens with two attached hydrogens (primary N) is 1. The number of piperidine rings is 1. The Bertz CT molecular complexity index is 198. The predicted octanol–water partition coefficient (Wildman–Crippen LogP) is 1.02. The van der Waals surface area contributed by atoms with Crippen molar-refractivity contribution in [1.29, 1.82) is 0 Å². The van der Waals surface area contributed by atoms with Gasteiger partial charge in [-0.05, 0) is 31.2 Å². The lowest BCUT2D eigenvalue weighted by Crippen LogP contribution is -2.40. The van der Waals surface area contributed by atoms with E-state index in [0.29, 0.717) is 6.54 Å². The number of nitrogens with zero attached hydrogens (tertiary/aromatic N) is 1. The molecule has 2 atom stereocenters. The van der Waals surface area contributed by atoms with E-state index in [4.69, 9.17) is 5.73 Å². The van der Waals surface area contributed by atoms with Crippen LogP contribution in [0.3, 0.4) is 0 Å². The molecule has 2 unspecified atom stereocenters. The van der Waals surface area contributed by atoms with Crippen LogP contribution in [0.25, 0.3) is 0 Å². The van der Waals surface area contributed by atoms with Gasteiger partial charge in [0.1, 0.15) is 0 Å². The van der Waals surface area contributed by atoms with Crippen LogP contribution >= 0.6 is 0 Å². The topological polar surface area (TPSA) is 58.4 Å². The molecular formula is C11H23N3O. The van der Waals surface area contributed by atoms with E-state index in [1.807, 2.05) is 0 Å². The molecule has 1 saturated heterocycles. The van der Waals surface area contributed by atoms with Gasteiger partial charge in [0, 0.05) is 19.6 Å². The quantitative estimate of drug-likeness (QED) is 0.685. The van der Waals surface area contributed by atoms with E-state index in [2.05, 4.69) is 24.1 Å². The number of rotatable bonds is 4. The second-order valence-electron chi connectivity index (χ2n) is 4.85. The minimum atomic E-state index is -0.421. The third-order valence-corrected chi connectivity index (χ3v) is 2.89. The summed E-state index contributed by atoms with van der Waals surface area (Å²) < 4.78 is 0. The Balaban J connectivity index is 2.12. The number of nitrogens with one attached hydrogen (secondary N) is 1. The first-order valence-electron chi connectivity index (χ1n) is 5.83. The third-order valence-electron chi connectivity index (χ3n) is 2.89. The molecule has 0 aromatic carbocycles. The van der Waals surface area contributed by atoms with E-state index in [-0.39, 0.29) is 0 Å². The minimum Gasteiger partial charge on any atom is -0.352 e. The summed E-state index contributed by atoms with van der Waals surface area (Å²) >= 11 is 0. The number of amides is 2. The molecule has 1 aliphatic rings. The minimum absolute atomic E-state index is 0.421. The average Bonchev–Trinajstić information content (AvgIpc) is 2.10. The fourth-order valence-electron chi connectivity index (χ4n) is 2.49. The van der Waals surface area contributed by atoms with Gasteiger partial charge in [0.05, 0.1) is 0 Å². The first-order valence-corrected chi connectivity index (χ1v) is 5.83. The SMILES string of the molecule is CC1CC(C)CN(CCCNC(N)=O)C1. The molecule has 0 bridgehead atoms. The van der Waals surface area contributed by atoms with Gasteiger partial charge in [0.15, 0.2) is 0 Å². The molecule has 15 heavy (non-hydrogen) atoms. The first-order chi connectivity index (χ1) is 7.08. The van der Waals surface area contributed by atoms with Gasteiger partial charge in [0.2, 0.25) is 0 Å². The Morgan fingerprint density at radius 2 is 2.00 bits per heavy atom. The molecule has 0 aromatic rings. The fourth-order valence-corrected chi connectivity index (χ4v) is 2.49. The molecule has 1 fully saturated rings. The smallest absolute Gasteiger partial charge is 0.312 e. The van der Waals surface area contributed by atoms with Crippen LogP contribution in [0, 0.1) is 11.8 Å². The van der Waals surface area contributed by atoms with Crippen molar-refractivity contribution in [3.8, 4) is 0 Å². The highest BCUT2D eigenvalue weighted by atomic mass is 16.2. The molecule has 0 aromatic heterocycles. The molecule has 88 valence electrons. The second kappa shape index (κ2) is 5.95. The van der Waals surface area contributed by atoms with E-state index >= 15 is 0 Å². The van der Waals surface area contributed by atoms with Gasteiger partial charge in [-0.1, -0.05) is 13.8 Å². The summed E-state index contributed by atoms with van der Waals surface area (Å²) in [5, 5.41) is 2.62. The monoisotopic (exact) mass is 213 g/mol. The molecule has 1 rings (SSSR count). The third kappa shape index (κ3) is 5.02. The Kier molecular flexibility index (Phi) is 4.88. The number of hydrogen-bond acceptors (Lipinski definition) is 2. The molecule has 1 aliphatic heterocycles. The van der Waals surface area contributed by atoms with Gasteiger partial charge in [-0.25, -0.2) is 4.79 Å². The highest BCUT2D eigenvalue weighted by Gasteiger charge is 2.20. The lowest BCUT2D eigenvalue weighted by molar-refractivity contribution is 0.140. The highest BCUT2D eigenvalue weighted by Crippen LogP contribution is 2.20. The van der Waals surface area contributed by atoms with Crippen LogP contribution in [0.1, 0.15) is 26.7 Å². The van der Waals surface area contributed by atoms with Crippen molar-refractivity contribution in [2.24, 2.45) is 17.6 Å². The summed E-state index contributed by atoms with van der Waals surface area (Å²) in [5.74, 6) is 1.61. The van der Waals surface area contributed by atoms with Crippen molar-refractivity contribution in [3.05, 3.63) is 0 Å². The molecule has 2 amide bonds. The number of likely N-dealkylation sites (tertiary alicyclic amines) is 1. The summed E-state index contributed by atoms with van der Waals surface area (Å²) in [6.07, 6.45) is 2.33. The van der Waals surface area contributed by atoms with Crippen LogP contribution in [0.15, 0.2) is 0 Å². The van der Waals surface area contributed by atoms with Crippen molar-refractivity contribution in [2.75, 3.05) is 26.2 Å². The first kappa shape index (κ1) is 12.3. The Hall–Kier alpha value is -0.770. The Labute approximate surface area is 92.2 Å². The largest absolute Gasteiger partial charge is 0.352 e. The van der Waals surface area contributed by atoms with Crippen molar-refractivity contribution in [1.82, 2.24) is 10.2 Å². The van der Waals surface area contributed by atoms with Crippen LogP contribution in [0.5, 0.6) is 0 Å². The molecule has 0 radical (unpaired) electrons. The van der Waals surface area contributed by atoms with Gasteiger partial charge in [-0.15, -0.1) is 0 Å². The van der Waals surface area contributed by atoms with Crippen LogP contribution in [-0.4, -0.2) is 37.1 Å². The van der Waals surface area contributed by atoms with E-state index in [9.17, 15) is 4.79 Å². The number of carbonyl (C=O) groups is 1. The summed E-state index contributed by atoms with van der Waals surface area (Å²) in [6.45, 7) is 8.76. The van der Waals surface area contributed by atoms with Crippen LogP contribution in [0.2, 0.25) is 0 Å². The molecule has 1 heterocycles. The van der Waals surface area contributed by atoms with E-state index in [0.717, 1.165) is 24.8 Å². The van der Waals surface area contributed by atoms with Gasteiger partial charge in [-0.2, -0.15) is 0 Å². The predicted molar refractivity (Wildman–Crippen MR) is 61.6 cm³/mol. The average molecular weight is 213 g/mol. The van der Waals surface area contributed by atoms with Crippen LogP contribution in [-0.2, 0) is 0 Å². The summed E-state index contributed by atoms with van der Waals surface area (Å²) in [5.41, 5.74) is 4.99. The molecule has 0 spiro atoms. The summed E-state index contributed by atoms with van der Waals surface area (Å²) in [7, 11) is 0. The van der Waals surface area contributed by atoms with Gasteiger partial charge in [0.25, 0.3) is 0 Å². The number of urea groups is 1. The van der Waals surface area contributed by atoms with Gasteiger partial charge in [-0.3, -0.25) is 0 Å². The van der Waals surface area contributed by atoms with Crippen molar-refractivity contribution >= 4 is 6.03 Å². The van der Waals surface area contributed by atoms with E-state index in [1.54, 1.807) is 0 Å². The van der Waals surface area contributed by atoms with Crippen molar-refractivity contribution < 1.29 is 4.79 Å². The maximum Gasteiger partial charge on any atom is 0.312 e. The number of primary amides is 1. The lowest BCUT2D eigenvalue weighted by Gasteiger charge is -2.34. The van der Waals surface area contributed by atoms with Crippen LogP contribution in [0.4, 0.5) is 4.79 Å². The van der Waals surface area contributed by atoms with Crippen molar-refractivity contribution in [2.45, 2.75) is 26.7 Å². The number of hydrogen-bond donors (Lipinski definition) is 2. The van der Waals surface area contributed by atoms with Crippen molar-refractivity contribution in [3.63, 3.8) is 0 Å². The zero-order valence-corrected chi connectivity index (χ0v) is 9.83. The second-order valence-corrected chi connectivity index (χ2v) is 4.85. The number of carbonyl (C=O) groups excluding carboxylic acids is 1. The van der Waals surface area contributed by atoms with E-state index in [1.165, 1.54) is 19.5 Å².